The fourth-order valence-electron chi connectivity index (χ4n) is 3.14. The predicted octanol–water partition coefficient (Wildman–Crippen LogP) is 3.93. The van der Waals surface area contributed by atoms with Crippen molar-refractivity contribution in [1.82, 2.24) is 4.98 Å². The van der Waals surface area contributed by atoms with Crippen LogP contribution in [0.5, 0.6) is 5.75 Å². The Hall–Kier alpha value is -2.36. The highest BCUT2D eigenvalue weighted by Crippen LogP contribution is 2.48. The second-order valence-electron chi connectivity index (χ2n) is 6.40. The van der Waals surface area contributed by atoms with E-state index in [-0.39, 0.29) is 5.91 Å². The maximum absolute atomic E-state index is 12.4. The number of rotatable bonds is 5. The highest BCUT2D eigenvalue weighted by molar-refractivity contribution is 6.06. The van der Waals surface area contributed by atoms with Crippen molar-refractivity contribution in [1.29, 1.82) is 0 Å². The fraction of sp³-hybridized carbons (Fsp3) is 0.368. The number of aromatic nitrogens is 1. The van der Waals surface area contributed by atoms with Crippen molar-refractivity contribution in [2.45, 2.75) is 25.7 Å². The van der Waals surface area contributed by atoms with Crippen LogP contribution in [0.15, 0.2) is 42.1 Å². The van der Waals surface area contributed by atoms with Crippen molar-refractivity contribution < 1.29 is 9.53 Å². The number of carbonyl (C=O) groups excluding carboxylic acids is 1. The second-order valence-corrected chi connectivity index (χ2v) is 6.40. The summed E-state index contributed by atoms with van der Waals surface area (Å²) in [6.45, 7) is 0. The molecule has 0 bridgehead atoms. The summed E-state index contributed by atoms with van der Waals surface area (Å²) in [4.78, 5) is 16.8. The molecule has 0 spiro atoms. The van der Waals surface area contributed by atoms with Crippen LogP contribution in [0, 0.1) is 11.8 Å². The zero-order chi connectivity index (χ0) is 15.8. The minimum Gasteiger partial charge on any atom is -0.494 e. The number of carbonyl (C=O) groups is 1. The molecule has 118 valence electrons. The highest BCUT2D eigenvalue weighted by atomic mass is 16.5. The second kappa shape index (κ2) is 5.69. The van der Waals surface area contributed by atoms with Crippen LogP contribution in [0.1, 0.15) is 25.7 Å². The van der Waals surface area contributed by atoms with Gasteiger partial charge in [-0.2, -0.15) is 0 Å². The van der Waals surface area contributed by atoms with Gasteiger partial charge in [-0.25, -0.2) is 0 Å². The average Bonchev–Trinajstić information content (AvgIpc) is 3.47. The molecule has 4 nitrogen and oxygen atoms in total. The Morgan fingerprint density at radius 3 is 2.61 bits per heavy atom. The maximum atomic E-state index is 12.4. The molecule has 0 saturated heterocycles. The van der Waals surface area contributed by atoms with Crippen LogP contribution in [-0.4, -0.2) is 18.0 Å². The molecule has 2 aliphatic rings. The van der Waals surface area contributed by atoms with Gasteiger partial charge in [-0.3, -0.25) is 9.78 Å². The van der Waals surface area contributed by atoms with Crippen molar-refractivity contribution in [2.75, 3.05) is 12.4 Å². The first-order valence-corrected chi connectivity index (χ1v) is 8.20. The van der Waals surface area contributed by atoms with Gasteiger partial charge in [-0.15, -0.1) is 0 Å². The molecule has 4 heteroatoms. The summed E-state index contributed by atoms with van der Waals surface area (Å²) in [7, 11) is 1.63. The summed E-state index contributed by atoms with van der Waals surface area (Å²) in [6, 6.07) is 7.54. The molecule has 0 radical (unpaired) electrons. The van der Waals surface area contributed by atoms with Gasteiger partial charge < -0.3 is 10.1 Å². The molecule has 2 aromatic rings. The van der Waals surface area contributed by atoms with Crippen molar-refractivity contribution in [3.63, 3.8) is 0 Å². The lowest BCUT2D eigenvalue weighted by Crippen LogP contribution is -2.10. The first-order valence-electron chi connectivity index (χ1n) is 8.20. The Balaban J connectivity index is 1.62. The summed E-state index contributed by atoms with van der Waals surface area (Å²) in [5.41, 5.74) is 2.90. The van der Waals surface area contributed by atoms with Gasteiger partial charge in [0.05, 0.1) is 12.8 Å². The molecule has 1 N–H and O–H groups in total. The number of pyridine rings is 1. The number of nitrogens with zero attached hydrogens (tertiary/aromatic N) is 1. The summed E-state index contributed by atoms with van der Waals surface area (Å²) in [6.07, 6.45) is 8.53. The van der Waals surface area contributed by atoms with Crippen LogP contribution in [0.4, 0.5) is 5.69 Å². The van der Waals surface area contributed by atoms with E-state index in [0.29, 0.717) is 17.6 Å². The topological polar surface area (TPSA) is 51.2 Å². The van der Waals surface area contributed by atoms with Gasteiger partial charge in [0.2, 0.25) is 5.91 Å². The molecular formula is C19H20N2O2. The number of hydrogen-bond donors (Lipinski definition) is 1. The molecule has 4 rings (SSSR count). The molecule has 1 aromatic heterocycles. The Bertz CT molecular complexity index is 775. The lowest BCUT2D eigenvalue weighted by molar-refractivity contribution is -0.112. The SMILES string of the molecule is COc1ccc(NC(=O)C=C(C2CC2)C2CC2)c2cccnc12. The van der Waals surface area contributed by atoms with Crippen molar-refractivity contribution >= 4 is 22.5 Å². The molecule has 0 unspecified atom stereocenters. The smallest absolute Gasteiger partial charge is 0.248 e. The summed E-state index contributed by atoms with van der Waals surface area (Å²) < 4.78 is 5.34. The van der Waals surface area contributed by atoms with Crippen LogP contribution >= 0.6 is 0 Å². The van der Waals surface area contributed by atoms with E-state index < -0.39 is 0 Å². The molecule has 2 saturated carbocycles. The largest absolute Gasteiger partial charge is 0.494 e. The van der Waals surface area contributed by atoms with Gasteiger partial charge in [0, 0.05) is 17.7 Å². The Kier molecular flexibility index (Phi) is 3.52. The summed E-state index contributed by atoms with van der Waals surface area (Å²) in [5, 5.41) is 3.92. The van der Waals surface area contributed by atoms with E-state index in [4.69, 9.17) is 4.74 Å². The number of anilines is 1. The summed E-state index contributed by atoms with van der Waals surface area (Å²) >= 11 is 0. The summed E-state index contributed by atoms with van der Waals surface area (Å²) in [5.74, 6) is 1.99. The molecule has 1 amide bonds. The van der Waals surface area contributed by atoms with Gasteiger partial charge in [0.1, 0.15) is 11.3 Å². The third-order valence-corrected chi connectivity index (χ3v) is 4.61. The number of amides is 1. The third-order valence-electron chi connectivity index (χ3n) is 4.61. The van der Waals surface area contributed by atoms with E-state index in [2.05, 4.69) is 10.3 Å². The van der Waals surface area contributed by atoms with Gasteiger partial charge in [-0.05, 0) is 61.8 Å². The molecule has 1 heterocycles. The number of hydrogen-bond acceptors (Lipinski definition) is 3. The van der Waals surface area contributed by atoms with Crippen LogP contribution in [-0.2, 0) is 4.79 Å². The van der Waals surface area contributed by atoms with E-state index in [9.17, 15) is 4.79 Å². The zero-order valence-electron chi connectivity index (χ0n) is 13.2. The Morgan fingerprint density at radius 2 is 1.96 bits per heavy atom. The number of ether oxygens (including phenoxy) is 1. The van der Waals surface area contributed by atoms with Gasteiger partial charge in [0.15, 0.2) is 0 Å². The monoisotopic (exact) mass is 308 g/mol. The third kappa shape index (κ3) is 2.93. The number of allylic oxidation sites excluding steroid dienone is 1. The van der Waals surface area contributed by atoms with Gasteiger partial charge in [-0.1, -0.05) is 5.57 Å². The van der Waals surface area contributed by atoms with Crippen LogP contribution in [0.3, 0.4) is 0 Å². The minimum atomic E-state index is -0.0332. The molecule has 23 heavy (non-hydrogen) atoms. The van der Waals surface area contributed by atoms with Gasteiger partial charge in [0.25, 0.3) is 0 Å². The lowest BCUT2D eigenvalue weighted by atomic mass is 10.1. The van der Waals surface area contributed by atoms with E-state index in [1.54, 1.807) is 13.3 Å². The van der Waals surface area contributed by atoms with Crippen LogP contribution in [0.25, 0.3) is 10.9 Å². The first-order chi connectivity index (χ1) is 11.3. The molecule has 2 aliphatic carbocycles. The quantitative estimate of drug-likeness (QED) is 0.852. The lowest BCUT2D eigenvalue weighted by Gasteiger charge is -2.10. The van der Waals surface area contributed by atoms with E-state index >= 15 is 0 Å². The highest BCUT2D eigenvalue weighted by Gasteiger charge is 2.36. The van der Waals surface area contributed by atoms with Crippen LogP contribution < -0.4 is 10.1 Å². The van der Waals surface area contributed by atoms with Gasteiger partial charge >= 0.3 is 0 Å². The van der Waals surface area contributed by atoms with Crippen molar-refractivity contribution in [2.24, 2.45) is 11.8 Å². The van der Waals surface area contributed by atoms with E-state index in [1.165, 1.54) is 31.3 Å². The Labute approximate surface area is 135 Å². The van der Waals surface area contributed by atoms with Crippen molar-refractivity contribution in [3.05, 3.63) is 42.1 Å². The molecule has 0 aliphatic heterocycles. The molecule has 0 atom stereocenters. The Morgan fingerprint density at radius 1 is 1.22 bits per heavy atom. The average molecular weight is 308 g/mol. The van der Waals surface area contributed by atoms with Crippen molar-refractivity contribution in [3.8, 4) is 5.75 Å². The minimum absolute atomic E-state index is 0.0332. The number of nitrogens with one attached hydrogen (secondary N) is 1. The number of methoxy groups -OCH3 is 1. The number of fused-ring (bicyclic) bond motifs is 1. The number of benzene rings is 1. The van der Waals surface area contributed by atoms with E-state index in [0.717, 1.165) is 16.6 Å². The molecular weight excluding hydrogens is 288 g/mol. The standard InChI is InChI=1S/C19H20N2O2/c1-23-17-9-8-16(14-3-2-10-20-19(14)17)21-18(22)11-15(12-4-5-12)13-6-7-13/h2-3,8-13H,4-7H2,1H3,(H,21,22). The first kappa shape index (κ1) is 14.2. The van der Waals surface area contributed by atoms with Crippen LogP contribution in [0.2, 0.25) is 0 Å². The molecule has 2 fully saturated rings. The predicted molar refractivity (Wildman–Crippen MR) is 90.5 cm³/mol. The molecule has 1 aromatic carbocycles. The maximum Gasteiger partial charge on any atom is 0.248 e. The zero-order valence-corrected chi connectivity index (χ0v) is 13.2. The fourth-order valence-corrected chi connectivity index (χ4v) is 3.14. The normalized spacial score (nSPS) is 16.9. The van der Waals surface area contributed by atoms with E-state index in [1.807, 2.05) is 30.3 Å².